The van der Waals surface area contributed by atoms with E-state index in [4.69, 9.17) is 11.6 Å². The van der Waals surface area contributed by atoms with Crippen molar-refractivity contribution in [2.45, 2.75) is 6.36 Å². The molecule has 0 bridgehead atoms. The molecule has 94 valence electrons. The van der Waals surface area contributed by atoms with Gasteiger partial charge in [-0.3, -0.25) is 0 Å². The van der Waals surface area contributed by atoms with Crippen LogP contribution in [0.25, 0.3) is 11.1 Å². The van der Waals surface area contributed by atoms with Crippen LogP contribution in [0.15, 0.2) is 48.5 Å². The van der Waals surface area contributed by atoms with Crippen LogP contribution in [0.1, 0.15) is 0 Å². The lowest BCUT2D eigenvalue weighted by atomic mass is 10.1. The number of halogens is 4. The minimum atomic E-state index is -4.70. The van der Waals surface area contributed by atoms with Crippen molar-refractivity contribution in [1.29, 1.82) is 0 Å². The average Bonchev–Trinajstić information content (AvgIpc) is 2.27. The summed E-state index contributed by atoms with van der Waals surface area (Å²) in [5.41, 5.74) is 1.23. The van der Waals surface area contributed by atoms with Crippen molar-refractivity contribution in [3.8, 4) is 16.9 Å². The topological polar surface area (TPSA) is 9.23 Å². The van der Waals surface area contributed by atoms with E-state index in [1.165, 1.54) is 18.2 Å². The Hall–Kier alpha value is -1.68. The van der Waals surface area contributed by atoms with Crippen LogP contribution in [-0.2, 0) is 0 Å². The Morgan fingerprint density at radius 1 is 0.944 bits per heavy atom. The van der Waals surface area contributed by atoms with Gasteiger partial charge in [-0.05, 0) is 23.8 Å². The maximum atomic E-state index is 12.1. The summed E-state index contributed by atoms with van der Waals surface area (Å²) in [4.78, 5) is 0. The van der Waals surface area contributed by atoms with Crippen LogP contribution in [0.5, 0.6) is 5.75 Å². The van der Waals surface area contributed by atoms with E-state index in [9.17, 15) is 13.2 Å². The Balaban J connectivity index is 2.36. The zero-order chi connectivity index (χ0) is 13.2. The van der Waals surface area contributed by atoms with Crippen LogP contribution < -0.4 is 4.74 Å². The van der Waals surface area contributed by atoms with Gasteiger partial charge in [0.15, 0.2) is 0 Å². The van der Waals surface area contributed by atoms with Gasteiger partial charge in [-0.15, -0.1) is 13.2 Å². The van der Waals surface area contributed by atoms with E-state index in [2.05, 4.69) is 4.74 Å². The number of hydrogen-bond donors (Lipinski definition) is 0. The third-order valence-corrected chi connectivity index (χ3v) is 2.58. The fraction of sp³-hybridized carbons (Fsp3) is 0.0769. The molecule has 18 heavy (non-hydrogen) atoms. The molecule has 0 fully saturated rings. The largest absolute Gasteiger partial charge is 0.573 e. The van der Waals surface area contributed by atoms with Gasteiger partial charge >= 0.3 is 6.36 Å². The molecule has 0 radical (unpaired) electrons. The normalized spacial score (nSPS) is 11.3. The quantitative estimate of drug-likeness (QED) is 0.755. The highest BCUT2D eigenvalue weighted by atomic mass is 35.5. The summed E-state index contributed by atoms with van der Waals surface area (Å²) in [6.07, 6.45) is -4.70. The Labute approximate surface area is 107 Å². The molecule has 0 unspecified atom stereocenters. The summed E-state index contributed by atoms with van der Waals surface area (Å²) in [5, 5.41) is 0.474. The summed E-state index contributed by atoms with van der Waals surface area (Å²) >= 11 is 5.98. The number of alkyl halides is 3. The standard InChI is InChI=1S/C13H8ClF3O/c14-12-7-2-1-6-11(12)9-4-3-5-10(8-9)18-13(15,16)17/h1-8H. The molecule has 0 amide bonds. The third-order valence-electron chi connectivity index (χ3n) is 2.25. The van der Waals surface area contributed by atoms with Crippen molar-refractivity contribution >= 4 is 11.6 Å². The summed E-state index contributed by atoms with van der Waals surface area (Å²) in [5.74, 6) is -0.264. The maximum Gasteiger partial charge on any atom is 0.573 e. The molecule has 2 aromatic carbocycles. The molecule has 0 saturated carbocycles. The number of hydrogen-bond acceptors (Lipinski definition) is 1. The molecule has 0 aliphatic heterocycles. The highest BCUT2D eigenvalue weighted by Gasteiger charge is 2.31. The molecule has 0 saturated heterocycles. The molecule has 0 aliphatic rings. The van der Waals surface area contributed by atoms with Crippen LogP contribution in [0.2, 0.25) is 5.02 Å². The van der Waals surface area contributed by atoms with Crippen molar-refractivity contribution in [1.82, 2.24) is 0 Å². The summed E-state index contributed by atoms with van der Waals surface area (Å²) in [6, 6.07) is 12.6. The van der Waals surface area contributed by atoms with Gasteiger partial charge in [0, 0.05) is 10.6 Å². The zero-order valence-electron chi connectivity index (χ0n) is 9.04. The molecular formula is C13H8ClF3O. The van der Waals surface area contributed by atoms with Gasteiger partial charge in [0.05, 0.1) is 0 Å². The van der Waals surface area contributed by atoms with E-state index < -0.39 is 6.36 Å². The third kappa shape index (κ3) is 3.17. The summed E-state index contributed by atoms with van der Waals surface area (Å²) in [7, 11) is 0. The second kappa shape index (κ2) is 4.90. The van der Waals surface area contributed by atoms with Gasteiger partial charge in [0.25, 0.3) is 0 Å². The highest BCUT2D eigenvalue weighted by molar-refractivity contribution is 6.33. The molecule has 0 heterocycles. The number of rotatable bonds is 2. The number of benzene rings is 2. The van der Waals surface area contributed by atoms with Gasteiger partial charge in [-0.1, -0.05) is 41.9 Å². The predicted octanol–water partition coefficient (Wildman–Crippen LogP) is 4.91. The molecular weight excluding hydrogens is 265 g/mol. The molecule has 0 aliphatic carbocycles. The Morgan fingerprint density at radius 2 is 1.67 bits per heavy atom. The molecule has 2 rings (SSSR count). The molecule has 1 nitrogen and oxygen atoms in total. The monoisotopic (exact) mass is 272 g/mol. The van der Waals surface area contributed by atoms with Crippen LogP contribution in [0.3, 0.4) is 0 Å². The maximum absolute atomic E-state index is 12.1. The first kappa shape index (κ1) is 12.8. The minimum absolute atomic E-state index is 0.264. The van der Waals surface area contributed by atoms with Crippen molar-refractivity contribution in [2.24, 2.45) is 0 Å². The first-order chi connectivity index (χ1) is 8.46. The van der Waals surface area contributed by atoms with Gasteiger partial charge in [-0.25, -0.2) is 0 Å². The molecule has 0 aromatic heterocycles. The van der Waals surface area contributed by atoms with Crippen LogP contribution in [0, 0.1) is 0 Å². The van der Waals surface area contributed by atoms with E-state index in [1.54, 1.807) is 30.3 Å². The SMILES string of the molecule is FC(F)(F)Oc1cccc(-c2ccccc2Cl)c1. The van der Waals surface area contributed by atoms with E-state index in [0.717, 1.165) is 0 Å². The molecule has 2 aromatic rings. The van der Waals surface area contributed by atoms with Gasteiger partial charge in [0.1, 0.15) is 5.75 Å². The van der Waals surface area contributed by atoms with Crippen molar-refractivity contribution in [3.63, 3.8) is 0 Å². The van der Waals surface area contributed by atoms with Crippen molar-refractivity contribution in [2.75, 3.05) is 0 Å². The van der Waals surface area contributed by atoms with E-state index in [0.29, 0.717) is 16.1 Å². The highest BCUT2D eigenvalue weighted by Crippen LogP contribution is 2.31. The van der Waals surface area contributed by atoms with E-state index in [-0.39, 0.29) is 5.75 Å². The second-order valence-electron chi connectivity index (χ2n) is 3.56. The predicted molar refractivity (Wildman–Crippen MR) is 63.6 cm³/mol. The summed E-state index contributed by atoms with van der Waals surface area (Å²) in [6.45, 7) is 0. The lowest BCUT2D eigenvalue weighted by Gasteiger charge is -2.10. The smallest absolute Gasteiger partial charge is 0.406 e. The molecule has 0 spiro atoms. The fourth-order valence-corrected chi connectivity index (χ4v) is 1.80. The Morgan fingerprint density at radius 3 is 2.33 bits per heavy atom. The van der Waals surface area contributed by atoms with Crippen LogP contribution >= 0.6 is 11.6 Å². The van der Waals surface area contributed by atoms with Gasteiger partial charge < -0.3 is 4.74 Å². The molecule has 0 atom stereocenters. The Bertz CT molecular complexity index is 552. The van der Waals surface area contributed by atoms with Crippen molar-refractivity contribution < 1.29 is 17.9 Å². The minimum Gasteiger partial charge on any atom is -0.406 e. The van der Waals surface area contributed by atoms with Gasteiger partial charge in [0.2, 0.25) is 0 Å². The van der Waals surface area contributed by atoms with E-state index >= 15 is 0 Å². The Kier molecular flexibility index (Phi) is 3.48. The number of ether oxygens (including phenoxy) is 1. The van der Waals surface area contributed by atoms with Crippen LogP contribution in [-0.4, -0.2) is 6.36 Å². The first-order valence-corrected chi connectivity index (χ1v) is 5.44. The lowest BCUT2D eigenvalue weighted by molar-refractivity contribution is -0.274. The van der Waals surface area contributed by atoms with Crippen molar-refractivity contribution in [3.05, 3.63) is 53.6 Å². The lowest BCUT2D eigenvalue weighted by Crippen LogP contribution is -2.17. The zero-order valence-corrected chi connectivity index (χ0v) is 9.79. The average molecular weight is 273 g/mol. The van der Waals surface area contributed by atoms with Gasteiger partial charge in [-0.2, -0.15) is 0 Å². The fourth-order valence-electron chi connectivity index (χ4n) is 1.56. The molecule has 0 N–H and O–H groups in total. The second-order valence-corrected chi connectivity index (χ2v) is 3.96. The first-order valence-electron chi connectivity index (χ1n) is 5.06. The van der Waals surface area contributed by atoms with E-state index in [1.807, 2.05) is 0 Å². The molecule has 5 heteroatoms. The van der Waals surface area contributed by atoms with Crippen LogP contribution in [0.4, 0.5) is 13.2 Å². The summed E-state index contributed by atoms with van der Waals surface area (Å²) < 4.78 is 40.2.